The quantitative estimate of drug-likeness (QED) is 0.895. The second kappa shape index (κ2) is 6.32. The van der Waals surface area contributed by atoms with Crippen molar-refractivity contribution in [1.29, 1.82) is 0 Å². The van der Waals surface area contributed by atoms with Crippen molar-refractivity contribution in [2.75, 3.05) is 19.6 Å². The summed E-state index contributed by atoms with van der Waals surface area (Å²) in [6.45, 7) is 9.10. The average Bonchev–Trinajstić information content (AvgIpc) is 2.89. The summed E-state index contributed by atoms with van der Waals surface area (Å²) >= 11 is 5.53. The fourth-order valence-corrected chi connectivity index (χ4v) is 4.05. The van der Waals surface area contributed by atoms with E-state index in [9.17, 15) is 0 Å². The lowest BCUT2D eigenvalue weighted by atomic mass is 10.2. The monoisotopic (exact) mass is 316 g/mol. The summed E-state index contributed by atoms with van der Waals surface area (Å²) in [5, 5.41) is 3.47. The van der Waals surface area contributed by atoms with Crippen molar-refractivity contribution in [3.05, 3.63) is 20.3 Å². The van der Waals surface area contributed by atoms with Crippen molar-refractivity contribution in [2.24, 2.45) is 0 Å². The molecule has 4 heteroatoms. The zero-order chi connectivity index (χ0) is 12.3. The van der Waals surface area contributed by atoms with E-state index in [4.69, 9.17) is 0 Å². The molecular weight excluding hydrogens is 296 g/mol. The van der Waals surface area contributed by atoms with Crippen LogP contribution in [-0.2, 0) is 6.54 Å². The molecule has 1 N–H and O–H groups in total. The van der Waals surface area contributed by atoms with Crippen molar-refractivity contribution in [3.8, 4) is 0 Å². The lowest BCUT2D eigenvalue weighted by molar-refractivity contribution is 0.201. The SMILES string of the molecule is CCCN(Cc1cc(Br)c(C)s1)C1CCNC1. The van der Waals surface area contributed by atoms with Gasteiger partial charge in [-0.05, 0) is 54.9 Å². The Morgan fingerprint density at radius 3 is 2.94 bits per heavy atom. The minimum absolute atomic E-state index is 0.733. The molecule has 0 radical (unpaired) electrons. The zero-order valence-electron chi connectivity index (χ0n) is 10.6. The number of hydrogen-bond donors (Lipinski definition) is 1. The molecule has 2 heterocycles. The maximum atomic E-state index is 3.61. The van der Waals surface area contributed by atoms with Crippen LogP contribution in [0.5, 0.6) is 0 Å². The van der Waals surface area contributed by atoms with Gasteiger partial charge < -0.3 is 5.32 Å². The van der Waals surface area contributed by atoms with Gasteiger partial charge in [0.1, 0.15) is 0 Å². The molecule has 17 heavy (non-hydrogen) atoms. The normalized spacial score (nSPS) is 20.4. The summed E-state index contributed by atoms with van der Waals surface area (Å²) in [4.78, 5) is 5.51. The molecule has 0 spiro atoms. The molecule has 0 amide bonds. The summed E-state index contributed by atoms with van der Waals surface area (Å²) in [5.74, 6) is 0. The first-order chi connectivity index (χ1) is 8.20. The van der Waals surface area contributed by atoms with Crippen molar-refractivity contribution in [3.63, 3.8) is 0 Å². The van der Waals surface area contributed by atoms with Crippen molar-refractivity contribution in [1.82, 2.24) is 10.2 Å². The summed E-state index contributed by atoms with van der Waals surface area (Å²) in [6, 6.07) is 3.02. The second-order valence-electron chi connectivity index (χ2n) is 4.73. The Kier molecular flexibility index (Phi) is 5.03. The molecule has 0 aliphatic carbocycles. The van der Waals surface area contributed by atoms with E-state index in [2.05, 4.69) is 46.1 Å². The van der Waals surface area contributed by atoms with Gasteiger partial charge in [-0.1, -0.05) is 6.92 Å². The van der Waals surface area contributed by atoms with Gasteiger partial charge in [0.05, 0.1) is 0 Å². The maximum absolute atomic E-state index is 3.61. The van der Waals surface area contributed by atoms with Crippen LogP contribution in [0.15, 0.2) is 10.5 Å². The molecule has 0 aromatic carbocycles. The van der Waals surface area contributed by atoms with Gasteiger partial charge in [-0.15, -0.1) is 11.3 Å². The molecule has 2 nitrogen and oxygen atoms in total. The Morgan fingerprint density at radius 2 is 2.41 bits per heavy atom. The van der Waals surface area contributed by atoms with Gasteiger partial charge in [0.15, 0.2) is 0 Å². The summed E-state index contributed by atoms with van der Waals surface area (Å²) in [7, 11) is 0. The zero-order valence-corrected chi connectivity index (χ0v) is 13.0. The molecule has 2 rings (SSSR count). The Balaban J connectivity index is 2.01. The van der Waals surface area contributed by atoms with E-state index in [0.29, 0.717) is 0 Å². The Labute approximate surface area is 117 Å². The predicted molar refractivity (Wildman–Crippen MR) is 78.7 cm³/mol. The Bertz CT molecular complexity index is 339. The van der Waals surface area contributed by atoms with Crippen LogP contribution in [0.25, 0.3) is 0 Å². The van der Waals surface area contributed by atoms with Crippen molar-refractivity contribution < 1.29 is 0 Å². The molecule has 96 valence electrons. The van der Waals surface area contributed by atoms with E-state index in [1.54, 1.807) is 0 Å². The average molecular weight is 317 g/mol. The van der Waals surface area contributed by atoms with Crippen LogP contribution in [0.4, 0.5) is 0 Å². The molecule has 1 fully saturated rings. The standard InChI is InChI=1S/C13H21BrN2S/c1-3-6-16(11-4-5-15-8-11)9-12-7-13(14)10(2)17-12/h7,11,15H,3-6,8-9H2,1-2H3. The van der Waals surface area contributed by atoms with Crippen LogP contribution in [0.3, 0.4) is 0 Å². The highest BCUT2D eigenvalue weighted by molar-refractivity contribution is 9.10. The highest BCUT2D eigenvalue weighted by atomic mass is 79.9. The minimum Gasteiger partial charge on any atom is -0.315 e. The largest absolute Gasteiger partial charge is 0.315 e. The van der Waals surface area contributed by atoms with Gasteiger partial charge in [-0.2, -0.15) is 0 Å². The third kappa shape index (κ3) is 3.53. The molecule has 0 bridgehead atoms. The third-order valence-electron chi connectivity index (χ3n) is 3.33. The number of nitrogens with one attached hydrogen (secondary N) is 1. The molecule has 1 aliphatic heterocycles. The molecule has 1 aromatic heterocycles. The first kappa shape index (κ1) is 13.5. The molecule has 1 saturated heterocycles. The van der Waals surface area contributed by atoms with E-state index in [0.717, 1.165) is 19.1 Å². The van der Waals surface area contributed by atoms with Crippen LogP contribution in [0.1, 0.15) is 29.5 Å². The second-order valence-corrected chi connectivity index (χ2v) is 6.93. The Hall–Kier alpha value is 0.1000. The lowest BCUT2D eigenvalue weighted by Crippen LogP contribution is -2.36. The maximum Gasteiger partial charge on any atom is 0.0331 e. The summed E-state index contributed by atoms with van der Waals surface area (Å²) < 4.78 is 1.26. The van der Waals surface area contributed by atoms with E-state index in [1.807, 2.05) is 11.3 Å². The smallest absolute Gasteiger partial charge is 0.0331 e. The molecule has 1 atom stereocenters. The van der Waals surface area contributed by atoms with Crippen LogP contribution in [0, 0.1) is 6.92 Å². The summed E-state index contributed by atoms with van der Waals surface area (Å²) in [5.41, 5.74) is 0. The van der Waals surface area contributed by atoms with Crippen molar-refractivity contribution >= 4 is 27.3 Å². The van der Waals surface area contributed by atoms with Crippen LogP contribution < -0.4 is 5.32 Å². The molecule has 1 aliphatic rings. The van der Waals surface area contributed by atoms with Gasteiger partial charge >= 0.3 is 0 Å². The fraction of sp³-hybridized carbons (Fsp3) is 0.692. The Morgan fingerprint density at radius 1 is 1.59 bits per heavy atom. The summed E-state index contributed by atoms with van der Waals surface area (Å²) in [6.07, 6.45) is 2.54. The van der Waals surface area contributed by atoms with E-state index in [1.165, 1.54) is 40.2 Å². The molecule has 0 saturated carbocycles. The van der Waals surface area contributed by atoms with Crippen LogP contribution >= 0.6 is 27.3 Å². The number of aryl methyl sites for hydroxylation is 1. The predicted octanol–water partition coefficient (Wildman–Crippen LogP) is 3.39. The fourth-order valence-electron chi connectivity index (χ4n) is 2.42. The van der Waals surface area contributed by atoms with Gasteiger partial charge in [0, 0.05) is 33.4 Å². The highest BCUT2D eigenvalue weighted by Gasteiger charge is 2.22. The molecular formula is C13H21BrN2S. The number of halogens is 1. The van der Waals surface area contributed by atoms with Gasteiger partial charge in [-0.3, -0.25) is 4.90 Å². The van der Waals surface area contributed by atoms with Crippen molar-refractivity contribution in [2.45, 2.75) is 39.3 Å². The van der Waals surface area contributed by atoms with Gasteiger partial charge in [0.25, 0.3) is 0 Å². The van der Waals surface area contributed by atoms with E-state index >= 15 is 0 Å². The number of thiophene rings is 1. The van der Waals surface area contributed by atoms with Gasteiger partial charge in [0.2, 0.25) is 0 Å². The first-order valence-electron chi connectivity index (χ1n) is 6.40. The molecule has 1 unspecified atom stereocenters. The number of nitrogens with zero attached hydrogens (tertiary/aromatic N) is 1. The highest BCUT2D eigenvalue weighted by Crippen LogP contribution is 2.28. The van der Waals surface area contributed by atoms with E-state index in [-0.39, 0.29) is 0 Å². The number of rotatable bonds is 5. The van der Waals surface area contributed by atoms with E-state index < -0.39 is 0 Å². The van der Waals surface area contributed by atoms with Crippen LogP contribution in [-0.4, -0.2) is 30.6 Å². The molecule has 1 aromatic rings. The third-order valence-corrected chi connectivity index (χ3v) is 5.45. The topological polar surface area (TPSA) is 15.3 Å². The van der Waals surface area contributed by atoms with Gasteiger partial charge in [-0.25, -0.2) is 0 Å². The lowest BCUT2D eigenvalue weighted by Gasteiger charge is -2.27. The minimum atomic E-state index is 0.733. The first-order valence-corrected chi connectivity index (χ1v) is 8.01. The number of hydrogen-bond acceptors (Lipinski definition) is 3. The van der Waals surface area contributed by atoms with Crippen LogP contribution in [0.2, 0.25) is 0 Å².